The minimum Gasteiger partial charge on any atom is -0.368 e. The Morgan fingerprint density at radius 1 is 1.35 bits per heavy atom. The number of halogens is 1. The van der Waals surface area contributed by atoms with E-state index >= 15 is 0 Å². The molecule has 0 aromatic heterocycles. The van der Waals surface area contributed by atoms with Crippen LogP contribution in [0.5, 0.6) is 0 Å². The van der Waals surface area contributed by atoms with Crippen LogP contribution in [0.15, 0.2) is 24.3 Å². The highest BCUT2D eigenvalue weighted by molar-refractivity contribution is 5.97. The summed E-state index contributed by atoms with van der Waals surface area (Å²) in [6.07, 6.45) is 1.22. The van der Waals surface area contributed by atoms with Gasteiger partial charge < -0.3 is 11.1 Å². The van der Waals surface area contributed by atoms with E-state index in [1.165, 1.54) is 24.3 Å². The summed E-state index contributed by atoms with van der Waals surface area (Å²) < 4.78 is 12.7. The van der Waals surface area contributed by atoms with Crippen molar-refractivity contribution < 1.29 is 14.0 Å². The van der Waals surface area contributed by atoms with Crippen LogP contribution in [0, 0.1) is 5.82 Å². The average Bonchev–Trinajstić information content (AvgIpc) is 2.29. The van der Waals surface area contributed by atoms with E-state index in [1.807, 2.05) is 6.92 Å². The van der Waals surface area contributed by atoms with Crippen molar-refractivity contribution in [2.45, 2.75) is 25.8 Å². The number of rotatable bonds is 5. The van der Waals surface area contributed by atoms with Gasteiger partial charge in [-0.05, 0) is 30.7 Å². The molecule has 0 saturated carbocycles. The van der Waals surface area contributed by atoms with Crippen LogP contribution in [0.1, 0.15) is 30.1 Å². The third-order valence-corrected chi connectivity index (χ3v) is 2.33. The van der Waals surface area contributed by atoms with Crippen molar-refractivity contribution in [2.24, 2.45) is 5.73 Å². The Hall–Kier alpha value is -1.91. The van der Waals surface area contributed by atoms with Crippen molar-refractivity contribution in [3.63, 3.8) is 0 Å². The molecule has 0 spiro atoms. The van der Waals surface area contributed by atoms with Gasteiger partial charge in [0.1, 0.15) is 11.9 Å². The van der Waals surface area contributed by atoms with Crippen molar-refractivity contribution in [3.8, 4) is 0 Å². The predicted octanol–water partition coefficient (Wildman–Crippen LogP) is 1.21. The lowest BCUT2D eigenvalue weighted by atomic mass is 10.1. The molecule has 0 bridgehead atoms. The van der Waals surface area contributed by atoms with Gasteiger partial charge in [0.05, 0.1) is 0 Å². The summed E-state index contributed by atoms with van der Waals surface area (Å²) >= 11 is 0. The molecule has 1 aromatic carbocycles. The second kappa shape index (κ2) is 5.98. The van der Waals surface area contributed by atoms with Gasteiger partial charge in [0, 0.05) is 5.56 Å². The first kappa shape index (κ1) is 13.2. The molecule has 3 N–H and O–H groups in total. The molecular formula is C12H15FN2O2. The van der Waals surface area contributed by atoms with Crippen LogP contribution < -0.4 is 11.1 Å². The topological polar surface area (TPSA) is 72.2 Å². The van der Waals surface area contributed by atoms with Gasteiger partial charge in [-0.15, -0.1) is 0 Å². The van der Waals surface area contributed by atoms with Gasteiger partial charge in [0.25, 0.3) is 5.91 Å². The Kier molecular flexibility index (Phi) is 4.63. The molecule has 0 aliphatic heterocycles. The number of amides is 2. The van der Waals surface area contributed by atoms with Crippen LogP contribution in [0.3, 0.4) is 0 Å². The Labute approximate surface area is 99.0 Å². The SMILES string of the molecule is CCCC(NC(=O)c1ccc(F)cc1)C(N)=O. The molecule has 2 amide bonds. The number of carbonyl (C=O) groups excluding carboxylic acids is 2. The van der Waals surface area contributed by atoms with Crippen LogP contribution in [0.25, 0.3) is 0 Å². The average molecular weight is 238 g/mol. The highest BCUT2D eigenvalue weighted by Crippen LogP contribution is 2.04. The zero-order valence-electron chi connectivity index (χ0n) is 9.57. The monoisotopic (exact) mass is 238 g/mol. The Bertz CT molecular complexity index is 403. The van der Waals surface area contributed by atoms with Crippen LogP contribution in [-0.2, 0) is 4.79 Å². The fourth-order valence-electron chi connectivity index (χ4n) is 1.42. The number of carbonyl (C=O) groups is 2. The largest absolute Gasteiger partial charge is 0.368 e. The molecule has 92 valence electrons. The number of hydrogen-bond acceptors (Lipinski definition) is 2. The first-order valence-electron chi connectivity index (χ1n) is 5.40. The Balaban J connectivity index is 2.70. The van der Waals surface area contributed by atoms with E-state index in [-0.39, 0.29) is 0 Å². The molecule has 1 atom stereocenters. The highest BCUT2D eigenvalue weighted by Gasteiger charge is 2.17. The number of hydrogen-bond donors (Lipinski definition) is 2. The second-order valence-corrected chi connectivity index (χ2v) is 3.72. The molecule has 0 radical (unpaired) electrons. The lowest BCUT2D eigenvalue weighted by Gasteiger charge is -2.14. The lowest BCUT2D eigenvalue weighted by Crippen LogP contribution is -2.44. The molecule has 4 nitrogen and oxygen atoms in total. The van der Waals surface area contributed by atoms with Gasteiger partial charge in [0.2, 0.25) is 5.91 Å². The zero-order valence-corrected chi connectivity index (χ0v) is 9.57. The van der Waals surface area contributed by atoms with Gasteiger partial charge in [-0.2, -0.15) is 0 Å². The zero-order chi connectivity index (χ0) is 12.8. The summed E-state index contributed by atoms with van der Waals surface area (Å²) in [6, 6.07) is 4.41. The van der Waals surface area contributed by atoms with Gasteiger partial charge in [0.15, 0.2) is 0 Å². The van der Waals surface area contributed by atoms with E-state index in [2.05, 4.69) is 5.32 Å². The summed E-state index contributed by atoms with van der Waals surface area (Å²) in [4.78, 5) is 22.8. The molecule has 1 rings (SSSR count). The van der Waals surface area contributed by atoms with E-state index in [0.717, 1.165) is 6.42 Å². The highest BCUT2D eigenvalue weighted by atomic mass is 19.1. The summed E-state index contributed by atoms with van der Waals surface area (Å²) in [6.45, 7) is 1.89. The maximum absolute atomic E-state index is 12.7. The number of nitrogens with two attached hydrogens (primary N) is 1. The van der Waals surface area contributed by atoms with Gasteiger partial charge in [-0.25, -0.2) is 4.39 Å². The standard InChI is InChI=1S/C12H15FN2O2/c1-2-3-10(11(14)16)15-12(17)8-4-6-9(13)7-5-8/h4-7,10H,2-3H2,1H3,(H2,14,16)(H,15,17). The van der Waals surface area contributed by atoms with E-state index in [4.69, 9.17) is 5.73 Å². The van der Waals surface area contributed by atoms with Crippen LogP contribution in [-0.4, -0.2) is 17.9 Å². The fraction of sp³-hybridized carbons (Fsp3) is 0.333. The Morgan fingerprint density at radius 2 is 1.94 bits per heavy atom. The molecule has 1 aromatic rings. The van der Waals surface area contributed by atoms with E-state index in [1.54, 1.807) is 0 Å². The maximum Gasteiger partial charge on any atom is 0.251 e. The summed E-state index contributed by atoms with van der Waals surface area (Å²) in [7, 11) is 0. The summed E-state index contributed by atoms with van der Waals surface area (Å²) in [5.74, 6) is -1.41. The molecule has 17 heavy (non-hydrogen) atoms. The van der Waals surface area contributed by atoms with E-state index in [0.29, 0.717) is 12.0 Å². The minimum absolute atomic E-state index is 0.300. The third kappa shape index (κ3) is 3.86. The lowest BCUT2D eigenvalue weighted by molar-refractivity contribution is -0.120. The van der Waals surface area contributed by atoms with Crippen molar-refractivity contribution in [1.82, 2.24) is 5.32 Å². The number of benzene rings is 1. The quantitative estimate of drug-likeness (QED) is 0.809. The molecule has 1 unspecified atom stereocenters. The molecule has 5 heteroatoms. The van der Waals surface area contributed by atoms with Crippen LogP contribution >= 0.6 is 0 Å². The van der Waals surface area contributed by atoms with Crippen molar-refractivity contribution in [2.75, 3.05) is 0 Å². The first-order valence-corrected chi connectivity index (χ1v) is 5.40. The molecular weight excluding hydrogens is 223 g/mol. The van der Waals surface area contributed by atoms with Crippen molar-refractivity contribution in [3.05, 3.63) is 35.6 Å². The normalized spacial score (nSPS) is 11.9. The van der Waals surface area contributed by atoms with Crippen molar-refractivity contribution in [1.29, 1.82) is 0 Å². The molecule has 0 heterocycles. The number of primary amides is 1. The predicted molar refractivity (Wildman–Crippen MR) is 61.8 cm³/mol. The van der Waals surface area contributed by atoms with Gasteiger partial charge in [-0.1, -0.05) is 13.3 Å². The molecule has 0 saturated heterocycles. The van der Waals surface area contributed by atoms with E-state index < -0.39 is 23.7 Å². The van der Waals surface area contributed by atoms with Gasteiger partial charge >= 0.3 is 0 Å². The minimum atomic E-state index is -0.683. The van der Waals surface area contributed by atoms with Gasteiger partial charge in [-0.3, -0.25) is 9.59 Å². The van der Waals surface area contributed by atoms with Crippen LogP contribution in [0.4, 0.5) is 4.39 Å². The molecule has 0 fully saturated rings. The van der Waals surface area contributed by atoms with Crippen molar-refractivity contribution >= 4 is 11.8 Å². The van der Waals surface area contributed by atoms with E-state index in [9.17, 15) is 14.0 Å². The Morgan fingerprint density at radius 3 is 2.41 bits per heavy atom. The summed E-state index contributed by atoms with van der Waals surface area (Å²) in [5, 5.41) is 2.52. The second-order valence-electron chi connectivity index (χ2n) is 3.72. The third-order valence-electron chi connectivity index (χ3n) is 2.33. The summed E-state index contributed by atoms with van der Waals surface area (Å²) in [5.41, 5.74) is 5.46. The number of nitrogens with one attached hydrogen (secondary N) is 1. The van der Waals surface area contributed by atoms with Crippen LogP contribution in [0.2, 0.25) is 0 Å². The smallest absolute Gasteiger partial charge is 0.251 e. The molecule has 0 aliphatic rings. The molecule has 0 aliphatic carbocycles. The maximum atomic E-state index is 12.7. The fourth-order valence-corrected chi connectivity index (χ4v) is 1.42. The first-order chi connectivity index (χ1) is 8.04.